The lowest BCUT2D eigenvalue weighted by atomic mass is 9.89. The number of ketones is 1. The minimum absolute atomic E-state index is 0.235. The number of nitrogens with zero attached hydrogens (tertiary/aromatic N) is 2. The molecule has 0 bridgehead atoms. The predicted octanol–water partition coefficient (Wildman–Crippen LogP) is 1.02. The monoisotopic (exact) mass is 208 g/mol. The molecule has 0 radical (unpaired) electrons. The fourth-order valence-corrected chi connectivity index (χ4v) is 1.31. The lowest BCUT2D eigenvalue weighted by Crippen LogP contribution is -2.28. The molecular formula is C10H12N2O3. The molecule has 1 N–H and O–H groups in total. The van der Waals surface area contributed by atoms with Gasteiger partial charge in [-0.1, -0.05) is 13.8 Å². The zero-order valence-electron chi connectivity index (χ0n) is 8.54. The lowest BCUT2D eigenvalue weighted by Gasteiger charge is -2.14. The maximum absolute atomic E-state index is 11.8. The predicted molar refractivity (Wildman–Crippen MR) is 52.3 cm³/mol. The molecule has 1 unspecified atom stereocenters. The number of hydrogen-bond acceptors (Lipinski definition) is 4. The van der Waals surface area contributed by atoms with E-state index in [9.17, 15) is 9.59 Å². The van der Waals surface area contributed by atoms with Gasteiger partial charge in [-0.2, -0.15) is 0 Å². The van der Waals surface area contributed by atoms with E-state index in [-0.39, 0.29) is 11.5 Å². The third-order valence-electron chi connectivity index (χ3n) is 2.06. The van der Waals surface area contributed by atoms with Crippen LogP contribution in [0.25, 0.3) is 0 Å². The summed E-state index contributed by atoms with van der Waals surface area (Å²) in [5.74, 6) is -2.84. The number of rotatable bonds is 4. The maximum Gasteiger partial charge on any atom is 0.314 e. The van der Waals surface area contributed by atoms with Crippen LogP contribution in [0.15, 0.2) is 18.7 Å². The third kappa shape index (κ3) is 2.59. The van der Waals surface area contributed by atoms with E-state index in [4.69, 9.17) is 5.11 Å². The van der Waals surface area contributed by atoms with Crippen molar-refractivity contribution in [1.82, 2.24) is 9.97 Å². The molecule has 0 aromatic carbocycles. The molecule has 15 heavy (non-hydrogen) atoms. The number of carboxylic acid groups (broad SMARTS) is 1. The molecule has 1 aromatic rings. The van der Waals surface area contributed by atoms with E-state index in [0.29, 0.717) is 0 Å². The molecule has 0 saturated carbocycles. The number of carbonyl (C=O) groups excluding carboxylic acids is 1. The maximum atomic E-state index is 11.8. The molecule has 1 heterocycles. The summed E-state index contributed by atoms with van der Waals surface area (Å²) >= 11 is 0. The van der Waals surface area contributed by atoms with Crippen molar-refractivity contribution in [3.05, 3.63) is 24.3 Å². The smallest absolute Gasteiger partial charge is 0.314 e. The third-order valence-corrected chi connectivity index (χ3v) is 2.06. The van der Waals surface area contributed by atoms with Crippen molar-refractivity contribution in [2.75, 3.05) is 0 Å². The van der Waals surface area contributed by atoms with Crippen molar-refractivity contribution < 1.29 is 14.7 Å². The quantitative estimate of drug-likeness (QED) is 0.590. The van der Waals surface area contributed by atoms with Crippen LogP contribution < -0.4 is 0 Å². The van der Waals surface area contributed by atoms with Gasteiger partial charge in [-0.3, -0.25) is 9.59 Å². The van der Waals surface area contributed by atoms with E-state index in [1.165, 1.54) is 18.7 Å². The minimum Gasteiger partial charge on any atom is -0.481 e. The van der Waals surface area contributed by atoms with E-state index in [2.05, 4.69) is 9.97 Å². The van der Waals surface area contributed by atoms with Gasteiger partial charge in [-0.25, -0.2) is 9.97 Å². The van der Waals surface area contributed by atoms with Gasteiger partial charge < -0.3 is 5.11 Å². The first-order valence-corrected chi connectivity index (χ1v) is 4.56. The Hall–Kier alpha value is -1.78. The van der Waals surface area contributed by atoms with Crippen LogP contribution in [-0.2, 0) is 4.79 Å². The topological polar surface area (TPSA) is 80.1 Å². The normalized spacial score (nSPS) is 12.5. The Bertz CT molecular complexity index is 362. The van der Waals surface area contributed by atoms with Gasteiger partial charge in [0.1, 0.15) is 12.2 Å². The average Bonchev–Trinajstić information content (AvgIpc) is 2.18. The van der Waals surface area contributed by atoms with Crippen LogP contribution in [0.2, 0.25) is 0 Å². The van der Waals surface area contributed by atoms with Gasteiger partial charge >= 0.3 is 5.97 Å². The van der Waals surface area contributed by atoms with Gasteiger partial charge in [-0.15, -0.1) is 0 Å². The molecule has 5 heteroatoms. The lowest BCUT2D eigenvalue weighted by molar-refractivity contribution is -0.141. The highest BCUT2D eigenvalue weighted by atomic mass is 16.4. The highest BCUT2D eigenvalue weighted by molar-refractivity contribution is 6.08. The van der Waals surface area contributed by atoms with Crippen LogP contribution in [0.1, 0.15) is 24.2 Å². The van der Waals surface area contributed by atoms with E-state index in [1.807, 2.05) is 0 Å². The molecule has 0 aliphatic rings. The summed E-state index contributed by atoms with van der Waals surface area (Å²) in [6.45, 7) is 3.39. The zero-order valence-corrected chi connectivity index (χ0v) is 8.54. The van der Waals surface area contributed by atoms with Crippen LogP contribution >= 0.6 is 0 Å². The second-order valence-electron chi connectivity index (χ2n) is 3.55. The minimum atomic E-state index is -1.11. The Kier molecular flexibility index (Phi) is 3.49. The molecule has 1 aromatic heterocycles. The molecule has 0 fully saturated rings. The second-order valence-corrected chi connectivity index (χ2v) is 3.55. The number of carbonyl (C=O) groups is 2. The first kappa shape index (κ1) is 11.3. The molecule has 0 amide bonds. The van der Waals surface area contributed by atoms with Crippen LogP contribution in [0.5, 0.6) is 0 Å². The Morgan fingerprint density at radius 1 is 1.27 bits per heavy atom. The summed E-state index contributed by atoms with van der Waals surface area (Å²) in [5, 5.41) is 8.91. The van der Waals surface area contributed by atoms with Crippen molar-refractivity contribution in [3.63, 3.8) is 0 Å². The van der Waals surface area contributed by atoms with Crippen molar-refractivity contribution >= 4 is 11.8 Å². The highest BCUT2D eigenvalue weighted by Gasteiger charge is 2.30. The molecule has 0 saturated heterocycles. The summed E-state index contributed by atoms with van der Waals surface area (Å²) in [6, 6.07) is 0. The van der Waals surface area contributed by atoms with E-state index in [0.717, 1.165) is 0 Å². The number of Topliss-reactive ketones (excluding diaryl/α,β-unsaturated/α-hetero) is 1. The summed E-state index contributed by atoms with van der Waals surface area (Å²) in [7, 11) is 0. The molecule has 1 atom stereocenters. The largest absolute Gasteiger partial charge is 0.481 e. The molecule has 1 rings (SSSR count). The summed E-state index contributed by atoms with van der Waals surface area (Å²) in [4.78, 5) is 30.0. The molecule has 0 aliphatic heterocycles. The van der Waals surface area contributed by atoms with Crippen LogP contribution in [0.3, 0.4) is 0 Å². The van der Waals surface area contributed by atoms with Crippen molar-refractivity contribution in [2.24, 2.45) is 11.8 Å². The fraction of sp³-hybridized carbons (Fsp3) is 0.400. The number of hydrogen-bond donors (Lipinski definition) is 1. The standard InChI is InChI=1S/C10H12N2O3/c1-6(2)8(10(14)15)9(13)7-3-11-5-12-4-7/h3-6,8H,1-2H3,(H,14,15). The van der Waals surface area contributed by atoms with Crippen molar-refractivity contribution in [2.45, 2.75) is 13.8 Å². The van der Waals surface area contributed by atoms with E-state index < -0.39 is 17.7 Å². The molecule has 0 spiro atoms. The van der Waals surface area contributed by atoms with Crippen LogP contribution in [0, 0.1) is 11.8 Å². The second kappa shape index (κ2) is 4.63. The molecule has 5 nitrogen and oxygen atoms in total. The average molecular weight is 208 g/mol. The number of aromatic nitrogens is 2. The van der Waals surface area contributed by atoms with Crippen molar-refractivity contribution in [3.8, 4) is 0 Å². The summed E-state index contributed by atoms with van der Waals surface area (Å²) in [6.07, 6.45) is 3.95. The van der Waals surface area contributed by atoms with Gasteiger partial charge in [0.25, 0.3) is 0 Å². The fourth-order valence-electron chi connectivity index (χ4n) is 1.31. The summed E-state index contributed by atoms with van der Waals surface area (Å²) in [5.41, 5.74) is 0.235. The Morgan fingerprint density at radius 3 is 2.20 bits per heavy atom. The first-order chi connectivity index (χ1) is 7.04. The Balaban J connectivity index is 2.97. The van der Waals surface area contributed by atoms with E-state index >= 15 is 0 Å². The SMILES string of the molecule is CC(C)C(C(=O)O)C(=O)c1cncnc1. The molecule has 0 aliphatic carbocycles. The van der Waals surface area contributed by atoms with Gasteiger partial charge in [0, 0.05) is 12.4 Å². The summed E-state index contributed by atoms with van der Waals surface area (Å²) < 4.78 is 0. The Labute approximate surface area is 87.2 Å². The van der Waals surface area contributed by atoms with E-state index in [1.54, 1.807) is 13.8 Å². The van der Waals surface area contributed by atoms with Crippen LogP contribution in [-0.4, -0.2) is 26.8 Å². The zero-order chi connectivity index (χ0) is 11.4. The highest BCUT2D eigenvalue weighted by Crippen LogP contribution is 2.16. The number of aliphatic carboxylic acids is 1. The van der Waals surface area contributed by atoms with Crippen LogP contribution in [0.4, 0.5) is 0 Å². The van der Waals surface area contributed by atoms with Gasteiger partial charge in [0.2, 0.25) is 0 Å². The van der Waals surface area contributed by atoms with Gasteiger partial charge in [-0.05, 0) is 5.92 Å². The first-order valence-electron chi connectivity index (χ1n) is 4.56. The van der Waals surface area contributed by atoms with Gasteiger partial charge in [0.15, 0.2) is 5.78 Å². The van der Waals surface area contributed by atoms with Crippen molar-refractivity contribution in [1.29, 1.82) is 0 Å². The number of carboxylic acids is 1. The molecule has 80 valence electrons. The van der Waals surface area contributed by atoms with Gasteiger partial charge in [0.05, 0.1) is 5.56 Å². The molecular weight excluding hydrogens is 196 g/mol. The Morgan fingerprint density at radius 2 is 1.80 bits per heavy atom.